The lowest BCUT2D eigenvalue weighted by Crippen LogP contribution is -2.39. The summed E-state index contributed by atoms with van der Waals surface area (Å²) in [4.78, 5) is 0. The van der Waals surface area contributed by atoms with Gasteiger partial charge in [-0.05, 0) is 298 Å². The maximum Gasteiger partial charge on any atom is 0.0771 e. The molecule has 136 heavy (non-hydrogen) atoms. The van der Waals surface area contributed by atoms with Gasteiger partial charge < -0.3 is 90.4 Å². The highest BCUT2D eigenvalue weighted by atomic mass is 16.5. The summed E-state index contributed by atoms with van der Waals surface area (Å²) in [6.07, 6.45) is 47.7. The van der Waals surface area contributed by atoms with Crippen LogP contribution in [0.15, 0.2) is 0 Å². The molecule has 0 aromatic carbocycles. The molecule has 0 aliphatic heterocycles. The van der Waals surface area contributed by atoms with Crippen molar-refractivity contribution in [1.29, 1.82) is 0 Å². The summed E-state index contributed by atoms with van der Waals surface area (Å²) < 4.78 is 20.7. The first kappa shape index (κ1) is 146. The van der Waals surface area contributed by atoms with Crippen LogP contribution in [0, 0.1) is 130 Å². The molecule has 18 nitrogen and oxygen atoms in total. The maximum atomic E-state index is 10.0. The van der Waals surface area contributed by atoms with E-state index in [1.165, 1.54) is 154 Å². The molecule has 0 saturated heterocycles. The Hall–Kier alpha value is -0.720. The third kappa shape index (κ3) is 75.9. The van der Waals surface area contributed by atoms with Gasteiger partial charge in [-0.15, -0.1) is 0 Å². The number of rotatable bonds is 44. The van der Waals surface area contributed by atoms with Crippen molar-refractivity contribution in [3.63, 3.8) is 0 Å². The van der Waals surface area contributed by atoms with Crippen LogP contribution in [0.5, 0.6) is 0 Å². The van der Waals surface area contributed by atoms with Crippen LogP contribution in [0.1, 0.15) is 491 Å². The van der Waals surface area contributed by atoms with Gasteiger partial charge in [0, 0.05) is 64.7 Å². The predicted molar refractivity (Wildman–Crippen MR) is 582 cm³/mol. The van der Waals surface area contributed by atoms with E-state index in [1.807, 2.05) is 48.5 Å². The van der Waals surface area contributed by atoms with E-state index >= 15 is 0 Å². The van der Waals surface area contributed by atoms with Crippen LogP contribution in [0.4, 0.5) is 0 Å². The van der Waals surface area contributed by atoms with Crippen LogP contribution < -0.4 is 0 Å². The van der Waals surface area contributed by atoms with Crippen molar-refractivity contribution < 1.29 is 90.4 Å². The van der Waals surface area contributed by atoms with Gasteiger partial charge in [0.25, 0.3) is 0 Å². The molecule has 8 rings (SSSR count). The van der Waals surface area contributed by atoms with E-state index in [0.717, 1.165) is 201 Å². The Balaban J connectivity index is -0.000000336. The van der Waals surface area contributed by atoms with Gasteiger partial charge in [0.1, 0.15) is 0 Å². The maximum absolute atomic E-state index is 10.0. The van der Waals surface area contributed by atoms with Crippen LogP contribution in [-0.2, 0) is 18.9 Å². The van der Waals surface area contributed by atoms with E-state index < -0.39 is 5.60 Å². The molecule has 4 bridgehead atoms. The van der Waals surface area contributed by atoms with Gasteiger partial charge in [-0.3, -0.25) is 0 Å². The largest absolute Gasteiger partial charge is 0.396 e. The van der Waals surface area contributed by atoms with Crippen molar-refractivity contribution in [3.05, 3.63) is 0 Å². The Morgan fingerprint density at radius 3 is 1.08 bits per heavy atom. The molecule has 31 atom stereocenters. The van der Waals surface area contributed by atoms with Crippen molar-refractivity contribution in [2.45, 2.75) is 552 Å². The highest BCUT2D eigenvalue weighted by molar-refractivity contribution is 4.99. The lowest BCUT2D eigenvalue weighted by atomic mass is 9.67. The molecule has 0 aromatic rings. The average Bonchev–Trinajstić information content (AvgIpc) is 1.52. The first-order valence-electron chi connectivity index (χ1n) is 57.9. The number of ether oxygens (including phenoxy) is 4. The van der Waals surface area contributed by atoms with Gasteiger partial charge >= 0.3 is 0 Å². The SMILES string of the molecule is CC1CC2CC1C(C)C2O.CC1CC2CC1C(O)C2C.CCC(C)C1CCC(C)(C)C(O)C1.CCC(C)C1CCC(C)(O)C(C)C1.CCCC(C)CO.CCCC(O)CC.CCCC1CCC(C)C(O)C1.CCCC1CCC(O)C(C)C1.CCCCC(C)CO.CCCCC(O)CC.CCCCOCC(C)CO.CCCCOCC(O)CC.CCCOCC(C)CO.CCCOCC(O)CC. The summed E-state index contributed by atoms with van der Waals surface area (Å²) in [6, 6.07) is 0. The molecule has 828 valence electrons. The molecular weight excluding hydrogens is 1710 g/mol. The molecule has 0 spiro atoms. The standard InChI is InChI=1S/2C12H24O.2C10H20O.2C9H16O.2C8H18O2.2C7H16O2.2C7H16O.2C6H14O/c1-5-9(2)10-6-7-12(3,4)11(13)8-10;1-5-9(2)11-6-7-12(4,13)10(3)8-11;1-3-4-9-5-6-10(11)8(2)7-9;1-3-4-9-6-5-8(2)10(11)7-9;1-5-3-7-4-8(5)6(2)9(7)10;1-5-3-7-4-8(5)9(10)6(7)2;1-3-4-5-10-7-8(2)6-9;1-3-5-6-10-7-8(9)4-2;1-3-4-9-6-7(2)5-8;1-3-5-9-6-7(8)4-2;1-3-4-5-7(2)6-8;1-3-5-6-7(8)4-2;1-3-4-6(2)5-7;1-3-5-6(7)4-2/h2*9-11,13H,5-8H2,1-4H3;2*8-11H,3-7H2,1-2H3;2*5-10H,3-4H2,1-2H3;2*8-9H,3-7H2,1-2H3;2*7-8H,3-6H2,1-2H3;2*7-8H,3-6H2,1-2H3;2*6-7H,3-5H2,1-2H3. The predicted octanol–water partition coefficient (Wildman–Crippen LogP) is 26.9. The van der Waals surface area contributed by atoms with Crippen molar-refractivity contribution in [2.75, 3.05) is 79.3 Å². The molecule has 14 N–H and O–H groups in total. The third-order valence-corrected chi connectivity index (χ3v) is 31.4. The van der Waals surface area contributed by atoms with Gasteiger partial charge in [-0.2, -0.15) is 0 Å². The van der Waals surface area contributed by atoms with Crippen LogP contribution in [0.25, 0.3) is 0 Å². The van der Waals surface area contributed by atoms with E-state index in [0.29, 0.717) is 92.9 Å². The van der Waals surface area contributed by atoms with Crippen LogP contribution in [0.3, 0.4) is 0 Å². The van der Waals surface area contributed by atoms with Crippen molar-refractivity contribution in [2.24, 2.45) is 130 Å². The number of hydrogen-bond donors (Lipinski definition) is 14. The van der Waals surface area contributed by atoms with E-state index in [2.05, 4.69) is 173 Å². The lowest BCUT2D eigenvalue weighted by Gasteiger charge is -2.41. The minimum absolute atomic E-state index is 0.0110. The van der Waals surface area contributed by atoms with E-state index in [4.69, 9.17) is 59.8 Å². The highest BCUT2D eigenvalue weighted by Gasteiger charge is 2.49. The van der Waals surface area contributed by atoms with Crippen LogP contribution in [0.2, 0.25) is 0 Å². The third-order valence-electron chi connectivity index (χ3n) is 31.4. The Kier molecular flexibility index (Phi) is 101. The van der Waals surface area contributed by atoms with Gasteiger partial charge in [-0.1, -0.05) is 311 Å². The van der Waals surface area contributed by atoms with Gasteiger partial charge in [0.2, 0.25) is 0 Å². The number of fused-ring (bicyclic) bond motifs is 4. The molecule has 8 fully saturated rings. The summed E-state index contributed by atoms with van der Waals surface area (Å²) in [7, 11) is 0. The fourth-order valence-electron chi connectivity index (χ4n) is 19.4. The quantitative estimate of drug-likeness (QED) is 0.0252. The van der Waals surface area contributed by atoms with Crippen molar-refractivity contribution in [1.82, 2.24) is 0 Å². The fraction of sp³-hybridized carbons (Fsp3) is 1.00. The minimum Gasteiger partial charge on any atom is -0.396 e. The van der Waals surface area contributed by atoms with E-state index in [9.17, 15) is 30.6 Å². The van der Waals surface area contributed by atoms with Gasteiger partial charge in [0.15, 0.2) is 0 Å². The molecule has 0 amide bonds. The summed E-state index contributed by atoms with van der Waals surface area (Å²) in [6.45, 7) is 75.1. The second kappa shape index (κ2) is 94.0. The van der Waals surface area contributed by atoms with Crippen LogP contribution >= 0.6 is 0 Å². The zero-order valence-corrected chi connectivity index (χ0v) is 96.4. The minimum atomic E-state index is -0.399. The second-order valence-electron chi connectivity index (χ2n) is 45.3. The Bertz CT molecular complexity index is 2250. The Morgan fingerprint density at radius 2 is 0.721 bits per heavy atom. The Labute approximate surface area is 846 Å². The number of unbranched alkanes of at least 4 members (excludes halogenated alkanes) is 4. The summed E-state index contributed by atoms with van der Waals surface area (Å²) in [5.41, 5.74) is -0.242. The smallest absolute Gasteiger partial charge is 0.0771 e. The van der Waals surface area contributed by atoms with Gasteiger partial charge in [0.05, 0.1) is 87.0 Å². The topological polar surface area (TPSA) is 320 Å². The molecule has 8 aliphatic rings. The molecule has 18 heteroatoms. The molecular formula is C118H248O18. The molecule has 8 aliphatic carbocycles. The zero-order chi connectivity index (χ0) is 105. The monoisotopic (exact) mass is 1950 g/mol. The molecule has 31 unspecified atom stereocenters. The first-order chi connectivity index (χ1) is 64.3. The highest BCUT2D eigenvalue weighted by Crippen LogP contribution is 2.53. The van der Waals surface area contributed by atoms with Crippen LogP contribution in [-0.4, -0.2) is 211 Å². The van der Waals surface area contributed by atoms with Crippen molar-refractivity contribution in [3.8, 4) is 0 Å². The summed E-state index contributed by atoms with van der Waals surface area (Å²) in [5, 5.41) is 128. The van der Waals surface area contributed by atoms with Crippen molar-refractivity contribution >= 4 is 0 Å². The average molecular weight is 1960 g/mol. The van der Waals surface area contributed by atoms with E-state index in [-0.39, 0.29) is 85.4 Å². The van der Waals surface area contributed by atoms with E-state index in [1.54, 1.807) is 0 Å². The molecule has 0 heterocycles. The number of hydrogen-bond acceptors (Lipinski definition) is 18. The fourth-order valence-corrected chi connectivity index (χ4v) is 19.4. The first-order valence-corrected chi connectivity index (χ1v) is 57.9. The second-order valence-corrected chi connectivity index (χ2v) is 45.3. The van der Waals surface area contributed by atoms with Gasteiger partial charge in [-0.25, -0.2) is 0 Å². The number of aliphatic hydroxyl groups is 14. The number of aliphatic hydroxyl groups excluding tert-OH is 13. The summed E-state index contributed by atoms with van der Waals surface area (Å²) >= 11 is 0. The Morgan fingerprint density at radius 1 is 0.316 bits per heavy atom. The normalized spacial score (nSPS) is 29.5. The lowest BCUT2D eigenvalue weighted by molar-refractivity contribution is -0.0461. The molecule has 0 aromatic heterocycles. The zero-order valence-electron chi connectivity index (χ0n) is 96.4. The molecule has 8 saturated carbocycles. The summed E-state index contributed by atoms with van der Waals surface area (Å²) in [5.74, 6) is 13.9. The molecule has 0 radical (unpaired) electrons.